The Morgan fingerprint density at radius 3 is 2.58 bits per heavy atom. The Bertz CT molecular complexity index is 572. The van der Waals surface area contributed by atoms with E-state index in [4.69, 9.17) is 5.11 Å². The van der Waals surface area contributed by atoms with Crippen LogP contribution >= 0.6 is 0 Å². The number of rotatable bonds is 6. The van der Waals surface area contributed by atoms with Gasteiger partial charge in [0.15, 0.2) is 0 Å². The standard InChI is InChI=1S/C11H14FNO5S/c1-2-8(14)6-13-19(17,18)10-4-3-7(11(15)16)5-9(10)12/h3-5,8,13-14H,2,6H2,1H3,(H,15,16). The van der Waals surface area contributed by atoms with Crippen molar-refractivity contribution >= 4 is 16.0 Å². The molecule has 0 fully saturated rings. The van der Waals surface area contributed by atoms with Gasteiger partial charge >= 0.3 is 5.97 Å². The first-order valence-electron chi connectivity index (χ1n) is 5.48. The summed E-state index contributed by atoms with van der Waals surface area (Å²) in [5.74, 6) is -2.50. The molecule has 1 unspecified atom stereocenters. The van der Waals surface area contributed by atoms with E-state index < -0.39 is 32.8 Å². The smallest absolute Gasteiger partial charge is 0.335 e. The van der Waals surface area contributed by atoms with E-state index in [0.29, 0.717) is 12.5 Å². The van der Waals surface area contributed by atoms with Crippen molar-refractivity contribution in [2.45, 2.75) is 24.3 Å². The number of halogens is 1. The normalized spacial score (nSPS) is 13.2. The Kier molecular flexibility index (Phi) is 4.98. The lowest BCUT2D eigenvalue weighted by molar-refractivity contribution is 0.0696. The molecule has 1 aromatic rings. The van der Waals surface area contributed by atoms with Crippen LogP contribution < -0.4 is 4.72 Å². The monoisotopic (exact) mass is 291 g/mol. The molecule has 0 amide bonds. The van der Waals surface area contributed by atoms with E-state index in [1.165, 1.54) is 0 Å². The molecule has 8 heteroatoms. The number of aliphatic hydroxyl groups excluding tert-OH is 1. The summed E-state index contributed by atoms with van der Waals surface area (Å²) in [6.45, 7) is 1.43. The molecule has 0 saturated heterocycles. The van der Waals surface area contributed by atoms with Crippen molar-refractivity contribution in [1.82, 2.24) is 4.72 Å². The minimum atomic E-state index is -4.12. The molecule has 0 aliphatic heterocycles. The van der Waals surface area contributed by atoms with E-state index in [0.717, 1.165) is 12.1 Å². The highest BCUT2D eigenvalue weighted by molar-refractivity contribution is 7.89. The predicted molar refractivity (Wildman–Crippen MR) is 64.8 cm³/mol. The van der Waals surface area contributed by atoms with Crippen molar-refractivity contribution in [2.75, 3.05) is 6.54 Å². The van der Waals surface area contributed by atoms with Crippen molar-refractivity contribution < 1.29 is 27.8 Å². The molecule has 19 heavy (non-hydrogen) atoms. The summed E-state index contributed by atoms with van der Waals surface area (Å²) in [5.41, 5.74) is -0.343. The second-order valence-electron chi connectivity index (χ2n) is 3.86. The van der Waals surface area contributed by atoms with E-state index >= 15 is 0 Å². The molecule has 1 aromatic carbocycles. The van der Waals surface area contributed by atoms with Crippen LogP contribution in [0.1, 0.15) is 23.7 Å². The van der Waals surface area contributed by atoms with Crippen LogP contribution in [0.25, 0.3) is 0 Å². The first-order chi connectivity index (χ1) is 8.77. The molecule has 1 rings (SSSR count). The summed E-state index contributed by atoms with van der Waals surface area (Å²) in [7, 11) is -4.12. The molecule has 0 aliphatic rings. The fourth-order valence-corrected chi connectivity index (χ4v) is 2.41. The predicted octanol–water partition coefficient (Wildman–Crippen LogP) is 0.573. The summed E-state index contributed by atoms with van der Waals surface area (Å²) in [4.78, 5) is 9.95. The molecule has 0 aliphatic carbocycles. The van der Waals surface area contributed by atoms with Gasteiger partial charge in [0.05, 0.1) is 11.7 Å². The Hall–Kier alpha value is -1.51. The fourth-order valence-electron chi connectivity index (χ4n) is 1.28. The first kappa shape index (κ1) is 15.5. The van der Waals surface area contributed by atoms with Crippen LogP contribution in [-0.2, 0) is 10.0 Å². The number of carboxylic acid groups (broad SMARTS) is 1. The summed E-state index contributed by atoms with van der Waals surface area (Å²) < 4.78 is 39.1. The summed E-state index contributed by atoms with van der Waals surface area (Å²) in [6, 6.07) is 2.50. The molecule has 0 saturated carbocycles. The second kappa shape index (κ2) is 6.09. The highest BCUT2D eigenvalue weighted by Gasteiger charge is 2.21. The minimum absolute atomic E-state index is 0.237. The molecule has 3 N–H and O–H groups in total. The Morgan fingerprint density at radius 2 is 2.11 bits per heavy atom. The Labute approximate surface area is 109 Å². The molecule has 0 bridgehead atoms. The van der Waals surface area contributed by atoms with Crippen molar-refractivity contribution in [1.29, 1.82) is 0 Å². The zero-order valence-electron chi connectivity index (χ0n) is 10.1. The highest BCUT2D eigenvalue weighted by Crippen LogP contribution is 2.16. The van der Waals surface area contributed by atoms with Crippen LogP contribution in [0.4, 0.5) is 4.39 Å². The number of nitrogens with one attached hydrogen (secondary N) is 1. The number of sulfonamides is 1. The number of carbonyl (C=O) groups is 1. The van der Waals surface area contributed by atoms with E-state index in [1.54, 1.807) is 6.92 Å². The maximum Gasteiger partial charge on any atom is 0.335 e. The van der Waals surface area contributed by atoms with Crippen molar-refractivity contribution in [3.05, 3.63) is 29.6 Å². The maximum atomic E-state index is 13.6. The lowest BCUT2D eigenvalue weighted by Crippen LogP contribution is -2.32. The van der Waals surface area contributed by atoms with Crippen LogP contribution in [0.2, 0.25) is 0 Å². The molecule has 0 aromatic heterocycles. The van der Waals surface area contributed by atoms with E-state index in [9.17, 15) is 22.7 Å². The van der Waals surface area contributed by atoms with Gasteiger partial charge in [0.1, 0.15) is 10.7 Å². The van der Waals surface area contributed by atoms with Crippen molar-refractivity contribution in [2.24, 2.45) is 0 Å². The molecule has 0 radical (unpaired) electrons. The van der Waals surface area contributed by atoms with Gasteiger partial charge in [-0.25, -0.2) is 22.3 Å². The molecule has 106 valence electrons. The van der Waals surface area contributed by atoms with Crippen LogP contribution in [0, 0.1) is 5.82 Å². The highest BCUT2D eigenvalue weighted by atomic mass is 32.2. The van der Waals surface area contributed by atoms with Gasteiger partial charge in [-0.05, 0) is 24.6 Å². The van der Waals surface area contributed by atoms with E-state index in [2.05, 4.69) is 4.72 Å². The zero-order valence-corrected chi connectivity index (χ0v) is 10.9. The van der Waals surface area contributed by atoms with Gasteiger partial charge in [-0.3, -0.25) is 0 Å². The molecule has 6 nitrogen and oxygen atoms in total. The minimum Gasteiger partial charge on any atom is -0.478 e. The van der Waals surface area contributed by atoms with Crippen LogP contribution in [0.3, 0.4) is 0 Å². The summed E-state index contributed by atoms with van der Waals surface area (Å²) >= 11 is 0. The Morgan fingerprint density at radius 1 is 1.47 bits per heavy atom. The number of aliphatic hydroxyl groups is 1. The molecule has 0 heterocycles. The largest absolute Gasteiger partial charge is 0.478 e. The number of hydrogen-bond donors (Lipinski definition) is 3. The number of carboxylic acids is 1. The second-order valence-corrected chi connectivity index (χ2v) is 5.60. The number of aromatic carboxylic acids is 1. The van der Waals surface area contributed by atoms with Crippen molar-refractivity contribution in [3.8, 4) is 0 Å². The first-order valence-corrected chi connectivity index (χ1v) is 6.96. The maximum absolute atomic E-state index is 13.6. The number of hydrogen-bond acceptors (Lipinski definition) is 4. The third-order valence-electron chi connectivity index (χ3n) is 2.45. The molecule has 1 atom stereocenters. The fraction of sp³-hybridized carbons (Fsp3) is 0.364. The molecular formula is C11H14FNO5S. The lowest BCUT2D eigenvalue weighted by atomic mass is 10.2. The van der Waals surface area contributed by atoms with Gasteiger partial charge in [0.25, 0.3) is 0 Å². The zero-order chi connectivity index (χ0) is 14.6. The van der Waals surface area contributed by atoms with Crippen LogP contribution in [0.5, 0.6) is 0 Å². The number of benzene rings is 1. The quantitative estimate of drug-likeness (QED) is 0.711. The SMILES string of the molecule is CCC(O)CNS(=O)(=O)c1ccc(C(=O)O)cc1F. The average Bonchev–Trinajstić information content (AvgIpc) is 2.35. The van der Waals surface area contributed by atoms with Gasteiger partial charge < -0.3 is 10.2 Å². The Balaban J connectivity index is 2.99. The summed E-state index contributed by atoms with van der Waals surface area (Å²) in [5, 5.41) is 17.9. The lowest BCUT2D eigenvalue weighted by Gasteiger charge is -2.11. The van der Waals surface area contributed by atoms with Crippen LogP contribution in [0.15, 0.2) is 23.1 Å². The van der Waals surface area contributed by atoms with Gasteiger partial charge in [-0.1, -0.05) is 6.92 Å². The van der Waals surface area contributed by atoms with E-state index in [1.807, 2.05) is 0 Å². The van der Waals surface area contributed by atoms with Crippen LogP contribution in [-0.4, -0.2) is 37.2 Å². The van der Waals surface area contributed by atoms with E-state index in [-0.39, 0.29) is 12.1 Å². The van der Waals surface area contributed by atoms with Gasteiger partial charge in [0, 0.05) is 6.54 Å². The summed E-state index contributed by atoms with van der Waals surface area (Å²) in [6.07, 6.45) is -0.515. The average molecular weight is 291 g/mol. The van der Waals surface area contributed by atoms with Gasteiger partial charge in [-0.15, -0.1) is 0 Å². The van der Waals surface area contributed by atoms with Crippen molar-refractivity contribution in [3.63, 3.8) is 0 Å². The third kappa shape index (κ3) is 3.98. The third-order valence-corrected chi connectivity index (χ3v) is 3.91. The van der Waals surface area contributed by atoms with Gasteiger partial charge in [0.2, 0.25) is 10.0 Å². The topological polar surface area (TPSA) is 104 Å². The molecule has 0 spiro atoms. The molecular weight excluding hydrogens is 277 g/mol. The van der Waals surface area contributed by atoms with Gasteiger partial charge in [-0.2, -0.15) is 0 Å².